The van der Waals surface area contributed by atoms with Crippen LogP contribution >= 0.6 is 23.2 Å². The van der Waals surface area contributed by atoms with Gasteiger partial charge in [-0.3, -0.25) is 14.5 Å². The first-order valence-electron chi connectivity index (χ1n) is 15.3. The average molecular weight is 656 g/mol. The van der Waals surface area contributed by atoms with Crippen LogP contribution < -0.4 is 9.64 Å². The van der Waals surface area contributed by atoms with Gasteiger partial charge >= 0.3 is 5.97 Å². The minimum atomic E-state index is -0.744. The van der Waals surface area contributed by atoms with Gasteiger partial charge in [0.2, 0.25) is 17.7 Å². The number of aromatic nitrogens is 3. The number of likely N-dealkylation sites (tertiary alicyclic amines) is 1. The van der Waals surface area contributed by atoms with Crippen LogP contribution in [-0.2, 0) is 16.1 Å². The second-order valence-electron chi connectivity index (χ2n) is 12.1. The molecule has 0 bridgehead atoms. The topological polar surface area (TPSA) is 132 Å². The summed E-state index contributed by atoms with van der Waals surface area (Å²) >= 11 is 12.6. The van der Waals surface area contributed by atoms with Crippen molar-refractivity contribution < 1.29 is 24.5 Å². The molecule has 1 amide bonds. The number of ether oxygens (including phenoxy) is 1. The molecule has 45 heavy (non-hydrogen) atoms. The minimum absolute atomic E-state index is 0.0567. The number of amides is 1. The molecule has 1 aromatic carbocycles. The van der Waals surface area contributed by atoms with E-state index in [0.29, 0.717) is 78.9 Å². The SMILES string of the molecule is O=C(O)CC1CCN(Cc2cc(Oc3cnc(N4CCN(C(=O)C5CC(O)C5)CC4)nc3)nc(-c3cc(Cl)cc(Cl)c3)c2)CC1. The number of rotatable bonds is 9. The first-order valence-corrected chi connectivity index (χ1v) is 16.1. The van der Waals surface area contributed by atoms with Crippen molar-refractivity contribution in [2.24, 2.45) is 11.8 Å². The fraction of sp³-hybridized carbons (Fsp3) is 0.469. The van der Waals surface area contributed by atoms with Gasteiger partial charge in [0.15, 0.2) is 5.75 Å². The van der Waals surface area contributed by atoms with E-state index in [1.807, 2.05) is 34.1 Å². The highest BCUT2D eigenvalue weighted by Crippen LogP contribution is 2.32. The summed E-state index contributed by atoms with van der Waals surface area (Å²) < 4.78 is 6.16. The lowest BCUT2D eigenvalue weighted by atomic mass is 9.81. The van der Waals surface area contributed by atoms with Crippen molar-refractivity contribution >= 4 is 41.0 Å². The molecule has 0 atom stereocenters. The molecule has 0 spiro atoms. The smallest absolute Gasteiger partial charge is 0.303 e. The van der Waals surface area contributed by atoms with Crippen molar-refractivity contribution in [3.05, 3.63) is 58.3 Å². The van der Waals surface area contributed by atoms with Crippen LogP contribution in [0.3, 0.4) is 0 Å². The van der Waals surface area contributed by atoms with E-state index < -0.39 is 5.97 Å². The zero-order valence-electron chi connectivity index (χ0n) is 24.8. The second kappa shape index (κ2) is 13.9. The molecule has 2 N–H and O–H groups in total. The van der Waals surface area contributed by atoms with E-state index in [9.17, 15) is 14.7 Å². The van der Waals surface area contributed by atoms with E-state index in [-0.39, 0.29) is 30.3 Å². The quantitative estimate of drug-likeness (QED) is 0.333. The Bertz CT molecular complexity index is 1500. The van der Waals surface area contributed by atoms with Crippen molar-refractivity contribution in [3.8, 4) is 22.9 Å². The maximum Gasteiger partial charge on any atom is 0.303 e. The number of carboxylic acid groups (broad SMARTS) is 1. The third kappa shape index (κ3) is 8.02. The van der Waals surface area contributed by atoms with E-state index in [1.165, 1.54) is 0 Å². The number of piperazine rings is 1. The lowest BCUT2D eigenvalue weighted by Crippen LogP contribution is -2.52. The van der Waals surface area contributed by atoms with E-state index >= 15 is 0 Å². The number of carbonyl (C=O) groups excluding carboxylic acids is 1. The van der Waals surface area contributed by atoms with Crippen molar-refractivity contribution in [2.45, 2.75) is 44.8 Å². The molecule has 11 nitrogen and oxygen atoms in total. The molecule has 2 aromatic heterocycles. The van der Waals surface area contributed by atoms with E-state index in [4.69, 9.17) is 38.0 Å². The van der Waals surface area contributed by atoms with Gasteiger partial charge in [0, 0.05) is 66.7 Å². The Kier molecular flexibility index (Phi) is 9.70. The number of aliphatic carboxylic acids is 1. The molecule has 3 aliphatic rings. The molecule has 13 heteroatoms. The maximum absolute atomic E-state index is 12.6. The number of piperidine rings is 1. The molecule has 0 radical (unpaired) electrons. The predicted molar refractivity (Wildman–Crippen MR) is 170 cm³/mol. The Morgan fingerprint density at radius 2 is 1.58 bits per heavy atom. The largest absolute Gasteiger partial charge is 0.481 e. The highest BCUT2D eigenvalue weighted by Gasteiger charge is 2.36. The van der Waals surface area contributed by atoms with Crippen molar-refractivity contribution in [1.82, 2.24) is 24.8 Å². The highest BCUT2D eigenvalue weighted by molar-refractivity contribution is 6.35. The summed E-state index contributed by atoms with van der Waals surface area (Å²) in [6, 6.07) is 9.17. The van der Waals surface area contributed by atoms with Crippen LogP contribution in [0.15, 0.2) is 42.7 Å². The lowest BCUT2D eigenvalue weighted by molar-refractivity contribution is -0.142. The van der Waals surface area contributed by atoms with Crippen LogP contribution in [-0.4, -0.2) is 92.2 Å². The third-order valence-electron chi connectivity index (χ3n) is 8.77. The van der Waals surface area contributed by atoms with Gasteiger partial charge in [-0.05, 0) is 74.5 Å². The first kappa shape index (κ1) is 31.5. The maximum atomic E-state index is 12.6. The Morgan fingerprint density at radius 3 is 2.20 bits per heavy atom. The molecule has 1 saturated carbocycles. The van der Waals surface area contributed by atoms with Crippen molar-refractivity contribution in [3.63, 3.8) is 0 Å². The number of anilines is 1. The van der Waals surface area contributed by atoms with Gasteiger partial charge in [-0.1, -0.05) is 23.2 Å². The van der Waals surface area contributed by atoms with Gasteiger partial charge < -0.3 is 24.7 Å². The summed E-state index contributed by atoms with van der Waals surface area (Å²) in [4.78, 5) is 43.8. The summed E-state index contributed by atoms with van der Waals surface area (Å²) in [5.41, 5.74) is 2.41. The van der Waals surface area contributed by atoms with Gasteiger partial charge in [-0.25, -0.2) is 15.0 Å². The molecular formula is C32H36Cl2N6O5. The molecule has 1 aliphatic carbocycles. The van der Waals surface area contributed by atoms with Gasteiger partial charge in [-0.15, -0.1) is 0 Å². The molecule has 2 aliphatic heterocycles. The number of aliphatic hydroxyl groups excluding tert-OH is 1. The van der Waals surface area contributed by atoms with Crippen molar-refractivity contribution in [2.75, 3.05) is 44.2 Å². The minimum Gasteiger partial charge on any atom is -0.481 e. The summed E-state index contributed by atoms with van der Waals surface area (Å²) in [7, 11) is 0. The fourth-order valence-electron chi connectivity index (χ4n) is 6.23. The number of aliphatic hydroxyl groups is 1. The number of hydrogen-bond donors (Lipinski definition) is 2. The van der Waals surface area contributed by atoms with E-state index in [1.54, 1.807) is 18.5 Å². The van der Waals surface area contributed by atoms with Crippen LogP contribution in [0, 0.1) is 11.8 Å². The van der Waals surface area contributed by atoms with Gasteiger partial charge in [0.1, 0.15) is 0 Å². The lowest BCUT2D eigenvalue weighted by Gasteiger charge is -2.39. The van der Waals surface area contributed by atoms with E-state index in [0.717, 1.165) is 37.1 Å². The summed E-state index contributed by atoms with van der Waals surface area (Å²) in [5, 5.41) is 19.7. The van der Waals surface area contributed by atoms with E-state index in [2.05, 4.69) is 14.9 Å². The molecule has 238 valence electrons. The average Bonchev–Trinajstić information content (AvgIpc) is 3.00. The summed E-state index contributed by atoms with van der Waals surface area (Å²) in [6.07, 6.45) is 5.91. The van der Waals surface area contributed by atoms with Crippen LogP contribution in [0.4, 0.5) is 5.95 Å². The number of carboxylic acids is 1. The van der Waals surface area contributed by atoms with Crippen LogP contribution in [0.1, 0.15) is 37.7 Å². The Labute approximate surface area is 271 Å². The van der Waals surface area contributed by atoms with Crippen LogP contribution in [0.2, 0.25) is 10.0 Å². The Morgan fingerprint density at radius 1 is 0.911 bits per heavy atom. The Hall–Kier alpha value is -3.51. The summed E-state index contributed by atoms with van der Waals surface area (Å²) in [6.45, 7) is 4.74. The molecule has 3 aromatic rings. The summed E-state index contributed by atoms with van der Waals surface area (Å²) in [5.74, 6) is 0.910. The number of benzene rings is 1. The van der Waals surface area contributed by atoms with Gasteiger partial charge in [0.25, 0.3) is 0 Å². The number of carbonyl (C=O) groups is 2. The zero-order valence-corrected chi connectivity index (χ0v) is 26.3. The molecule has 3 fully saturated rings. The molecule has 0 unspecified atom stereocenters. The third-order valence-corrected chi connectivity index (χ3v) is 9.21. The Balaban J connectivity index is 1.13. The molecule has 6 rings (SSSR count). The molecular weight excluding hydrogens is 619 g/mol. The van der Waals surface area contributed by atoms with Crippen molar-refractivity contribution in [1.29, 1.82) is 0 Å². The van der Waals surface area contributed by atoms with Crippen LogP contribution in [0.25, 0.3) is 11.3 Å². The molecule has 4 heterocycles. The normalized spacial score (nSPS) is 21.0. The number of hydrogen-bond acceptors (Lipinski definition) is 9. The fourth-order valence-corrected chi connectivity index (χ4v) is 6.75. The van der Waals surface area contributed by atoms with Crippen LogP contribution in [0.5, 0.6) is 11.6 Å². The number of pyridine rings is 1. The number of halogens is 2. The monoisotopic (exact) mass is 654 g/mol. The standard InChI is InChI=1S/C32H36Cl2N6O5/c33-24-12-22(13-25(34)16-24)28-9-21(19-38-3-1-20(2-4-38)11-30(42)43)10-29(37-28)45-27-17-35-32(36-18-27)40-7-5-39(6-8-40)31(44)23-14-26(41)15-23/h9-10,12-13,16-18,20,23,26,41H,1-8,11,14-15,19H2,(H,42,43). The van der Waals surface area contributed by atoms with Gasteiger partial charge in [0.05, 0.1) is 24.2 Å². The second-order valence-corrected chi connectivity index (χ2v) is 13.0. The number of nitrogens with zero attached hydrogens (tertiary/aromatic N) is 6. The first-order chi connectivity index (χ1) is 21.7. The zero-order chi connectivity index (χ0) is 31.5. The molecule has 2 saturated heterocycles. The highest BCUT2D eigenvalue weighted by atomic mass is 35.5. The van der Waals surface area contributed by atoms with Gasteiger partial charge in [-0.2, -0.15) is 0 Å². The predicted octanol–water partition coefficient (Wildman–Crippen LogP) is 4.74.